The highest BCUT2D eigenvalue weighted by atomic mass is 16.5. The summed E-state index contributed by atoms with van der Waals surface area (Å²) in [5, 5.41) is 2.13. The molecule has 1 atom stereocenters. The third-order valence-corrected chi connectivity index (χ3v) is 4.43. The zero-order valence-corrected chi connectivity index (χ0v) is 14.9. The van der Waals surface area contributed by atoms with Crippen LogP contribution in [0.1, 0.15) is 29.5 Å². The second-order valence-electron chi connectivity index (χ2n) is 6.14. The van der Waals surface area contributed by atoms with Gasteiger partial charge in [0.2, 0.25) is 0 Å². The van der Waals surface area contributed by atoms with E-state index in [0.29, 0.717) is 0 Å². The quantitative estimate of drug-likeness (QED) is 0.498. The zero-order chi connectivity index (χ0) is 18.5. The second-order valence-corrected chi connectivity index (χ2v) is 6.14. The van der Waals surface area contributed by atoms with Crippen LogP contribution in [0.25, 0.3) is 10.8 Å². The molecule has 130 valence electrons. The van der Waals surface area contributed by atoms with Gasteiger partial charge in [0.1, 0.15) is 12.4 Å². The Balaban J connectivity index is 1.69. The molecule has 0 saturated carbocycles. The number of rotatable bonds is 5. The minimum atomic E-state index is -0.341. The van der Waals surface area contributed by atoms with Crippen LogP contribution in [-0.2, 0) is 16.1 Å². The SMILES string of the molecule is C#Cc1ccc(COC(=O)[C@@H](C)c2ccc3cc(OC)ccc3c2)cc1. The molecule has 0 bridgehead atoms. The molecule has 0 radical (unpaired) electrons. The van der Waals surface area contributed by atoms with Gasteiger partial charge in [-0.15, -0.1) is 6.42 Å². The fraction of sp³-hybridized carbons (Fsp3) is 0.174. The van der Waals surface area contributed by atoms with Crippen molar-refractivity contribution in [2.75, 3.05) is 7.11 Å². The lowest BCUT2D eigenvalue weighted by Gasteiger charge is -2.13. The summed E-state index contributed by atoms with van der Waals surface area (Å²) in [5.74, 6) is 2.79. The highest BCUT2D eigenvalue weighted by molar-refractivity contribution is 5.86. The molecule has 0 spiro atoms. The number of methoxy groups -OCH3 is 1. The number of carbonyl (C=O) groups is 1. The molecular weight excluding hydrogens is 324 g/mol. The van der Waals surface area contributed by atoms with E-state index < -0.39 is 0 Å². The first kappa shape index (κ1) is 17.6. The van der Waals surface area contributed by atoms with Crippen LogP contribution in [-0.4, -0.2) is 13.1 Å². The van der Waals surface area contributed by atoms with E-state index >= 15 is 0 Å². The van der Waals surface area contributed by atoms with E-state index in [1.165, 1.54) is 0 Å². The molecule has 0 fully saturated rings. The van der Waals surface area contributed by atoms with Crippen molar-refractivity contribution in [2.45, 2.75) is 19.4 Å². The summed E-state index contributed by atoms with van der Waals surface area (Å²) in [6, 6.07) is 19.3. The Kier molecular flexibility index (Phi) is 5.24. The summed E-state index contributed by atoms with van der Waals surface area (Å²) in [5.41, 5.74) is 2.65. The van der Waals surface area contributed by atoms with Crippen molar-refractivity contribution >= 4 is 16.7 Å². The van der Waals surface area contributed by atoms with Gasteiger partial charge in [-0.1, -0.05) is 42.3 Å². The second kappa shape index (κ2) is 7.76. The topological polar surface area (TPSA) is 35.5 Å². The molecule has 26 heavy (non-hydrogen) atoms. The van der Waals surface area contributed by atoms with Crippen molar-refractivity contribution in [3.8, 4) is 18.1 Å². The molecule has 0 unspecified atom stereocenters. The van der Waals surface area contributed by atoms with Crippen LogP contribution in [0.4, 0.5) is 0 Å². The molecule has 0 saturated heterocycles. The van der Waals surface area contributed by atoms with Crippen molar-refractivity contribution in [3.05, 3.63) is 77.4 Å². The van der Waals surface area contributed by atoms with Crippen LogP contribution in [0, 0.1) is 12.3 Å². The van der Waals surface area contributed by atoms with Crippen LogP contribution in [0.15, 0.2) is 60.7 Å². The van der Waals surface area contributed by atoms with Gasteiger partial charge in [-0.05, 0) is 53.1 Å². The van der Waals surface area contributed by atoms with Crippen molar-refractivity contribution < 1.29 is 14.3 Å². The summed E-state index contributed by atoms with van der Waals surface area (Å²) in [6.45, 7) is 2.09. The smallest absolute Gasteiger partial charge is 0.313 e. The molecular formula is C23H20O3. The average molecular weight is 344 g/mol. The fourth-order valence-corrected chi connectivity index (χ4v) is 2.75. The van der Waals surface area contributed by atoms with Gasteiger partial charge in [0, 0.05) is 5.56 Å². The summed E-state index contributed by atoms with van der Waals surface area (Å²) < 4.78 is 10.7. The molecule has 3 nitrogen and oxygen atoms in total. The Labute approximate surface area is 153 Å². The number of hydrogen-bond acceptors (Lipinski definition) is 3. The molecule has 3 aromatic rings. The molecule has 3 heteroatoms. The Morgan fingerprint density at radius 3 is 2.42 bits per heavy atom. The largest absolute Gasteiger partial charge is 0.497 e. The molecule has 0 heterocycles. The maximum atomic E-state index is 12.4. The molecule has 0 aromatic heterocycles. The van der Waals surface area contributed by atoms with Gasteiger partial charge in [-0.3, -0.25) is 4.79 Å². The standard InChI is InChI=1S/C23H20O3/c1-4-17-5-7-18(8-6-17)15-26-23(24)16(2)19-9-10-21-14-22(25-3)12-11-20(21)13-19/h1,5-14,16H,15H2,2-3H3/t16-/m0/s1. The maximum Gasteiger partial charge on any atom is 0.313 e. The van der Waals surface area contributed by atoms with Gasteiger partial charge in [0.25, 0.3) is 0 Å². The third kappa shape index (κ3) is 3.87. The maximum absolute atomic E-state index is 12.4. The van der Waals surface area contributed by atoms with E-state index in [0.717, 1.165) is 33.2 Å². The molecule has 3 aromatic carbocycles. The first-order chi connectivity index (χ1) is 12.6. The van der Waals surface area contributed by atoms with E-state index in [1.807, 2.05) is 67.6 Å². The lowest BCUT2D eigenvalue weighted by atomic mass is 9.98. The number of fused-ring (bicyclic) bond motifs is 1. The van der Waals surface area contributed by atoms with Crippen LogP contribution in [0.2, 0.25) is 0 Å². The van der Waals surface area contributed by atoms with E-state index in [2.05, 4.69) is 5.92 Å². The van der Waals surface area contributed by atoms with Gasteiger partial charge in [-0.25, -0.2) is 0 Å². The van der Waals surface area contributed by atoms with E-state index in [9.17, 15) is 4.79 Å². The lowest BCUT2D eigenvalue weighted by molar-refractivity contribution is -0.146. The number of carbonyl (C=O) groups excluding carboxylic acids is 1. The van der Waals surface area contributed by atoms with Crippen LogP contribution < -0.4 is 4.74 Å². The molecule has 0 N–H and O–H groups in total. The van der Waals surface area contributed by atoms with Gasteiger partial charge >= 0.3 is 5.97 Å². The molecule has 3 rings (SSSR count). The van der Waals surface area contributed by atoms with E-state index in [1.54, 1.807) is 7.11 Å². The highest BCUT2D eigenvalue weighted by Crippen LogP contribution is 2.26. The highest BCUT2D eigenvalue weighted by Gasteiger charge is 2.17. The summed E-state index contributed by atoms with van der Waals surface area (Å²) in [6.07, 6.45) is 5.34. The van der Waals surface area contributed by atoms with Crippen molar-refractivity contribution in [1.82, 2.24) is 0 Å². The van der Waals surface area contributed by atoms with E-state index in [-0.39, 0.29) is 18.5 Å². The number of hydrogen-bond donors (Lipinski definition) is 0. The number of terminal acetylenes is 1. The Bertz CT molecular complexity index is 965. The molecule has 0 amide bonds. The number of esters is 1. The first-order valence-electron chi connectivity index (χ1n) is 8.40. The third-order valence-electron chi connectivity index (χ3n) is 4.43. The zero-order valence-electron chi connectivity index (χ0n) is 14.9. The van der Waals surface area contributed by atoms with Crippen LogP contribution in [0.5, 0.6) is 5.75 Å². The normalized spacial score (nSPS) is 11.6. The molecule has 0 aliphatic rings. The Hall–Kier alpha value is -3.25. The fourth-order valence-electron chi connectivity index (χ4n) is 2.75. The number of benzene rings is 3. The minimum Gasteiger partial charge on any atom is -0.497 e. The predicted molar refractivity (Wildman–Crippen MR) is 103 cm³/mol. The van der Waals surface area contributed by atoms with Crippen molar-refractivity contribution in [3.63, 3.8) is 0 Å². The summed E-state index contributed by atoms with van der Waals surface area (Å²) in [4.78, 5) is 12.4. The Morgan fingerprint density at radius 2 is 1.73 bits per heavy atom. The van der Waals surface area contributed by atoms with Crippen LogP contribution in [0.3, 0.4) is 0 Å². The van der Waals surface area contributed by atoms with Gasteiger partial charge in [0.05, 0.1) is 13.0 Å². The minimum absolute atomic E-state index is 0.235. The Morgan fingerprint density at radius 1 is 1.04 bits per heavy atom. The first-order valence-corrected chi connectivity index (χ1v) is 8.40. The van der Waals surface area contributed by atoms with Crippen molar-refractivity contribution in [1.29, 1.82) is 0 Å². The van der Waals surface area contributed by atoms with E-state index in [4.69, 9.17) is 15.9 Å². The number of ether oxygens (including phenoxy) is 2. The molecule has 0 aliphatic carbocycles. The lowest BCUT2D eigenvalue weighted by Crippen LogP contribution is -2.13. The summed E-state index contributed by atoms with van der Waals surface area (Å²) >= 11 is 0. The molecule has 0 aliphatic heterocycles. The van der Waals surface area contributed by atoms with Crippen molar-refractivity contribution in [2.24, 2.45) is 0 Å². The van der Waals surface area contributed by atoms with Crippen LogP contribution >= 0.6 is 0 Å². The van der Waals surface area contributed by atoms with Gasteiger partial charge < -0.3 is 9.47 Å². The monoisotopic (exact) mass is 344 g/mol. The van der Waals surface area contributed by atoms with Gasteiger partial charge in [0.15, 0.2) is 0 Å². The predicted octanol–water partition coefficient (Wildman–Crippen LogP) is 4.68. The summed E-state index contributed by atoms with van der Waals surface area (Å²) in [7, 11) is 1.65. The average Bonchev–Trinajstić information content (AvgIpc) is 2.70. The van der Waals surface area contributed by atoms with Gasteiger partial charge in [-0.2, -0.15) is 0 Å².